The molecule has 1 fully saturated rings. The summed E-state index contributed by atoms with van der Waals surface area (Å²) in [6.07, 6.45) is 1.93. The Bertz CT molecular complexity index is 994. The zero-order chi connectivity index (χ0) is 22.3. The quantitative estimate of drug-likeness (QED) is 0.597. The molecule has 31 heavy (non-hydrogen) atoms. The highest BCUT2D eigenvalue weighted by Crippen LogP contribution is 2.26. The van der Waals surface area contributed by atoms with Crippen LogP contribution >= 0.6 is 0 Å². The summed E-state index contributed by atoms with van der Waals surface area (Å²) < 4.78 is 32.5. The van der Waals surface area contributed by atoms with Crippen molar-refractivity contribution in [2.45, 2.75) is 30.2 Å². The molecule has 1 aliphatic rings. The monoisotopic (exact) mass is 445 g/mol. The zero-order valence-corrected chi connectivity index (χ0v) is 18.2. The van der Waals surface area contributed by atoms with Gasteiger partial charge in [-0.2, -0.15) is 4.31 Å². The van der Waals surface area contributed by atoms with Gasteiger partial charge in [0.2, 0.25) is 10.0 Å². The smallest absolute Gasteiger partial charge is 0.309 e. The van der Waals surface area contributed by atoms with Gasteiger partial charge in [-0.1, -0.05) is 30.3 Å². The van der Waals surface area contributed by atoms with Gasteiger partial charge in [0.15, 0.2) is 0 Å². The summed E-state index contributed by atoms with van der Waals surface area (Å²) in [5.41, 5.74) is 1.06. The number of carbonyl (C=O) groups excluding carboxylic acids is 2. The molecule has 0 radical (unpaired) electrons. The maximum Gasteiger partial charge on any atom is 0.309 e. The third-order valence-corrected chi connectivity index (χ3v) is 7.20. The lowest BCUT2D eigenvalue weighted by Crippen LogP contribution is -2.47. The van der Waals surface area contributed by atoms with Crippen molar-refractivity contribution in [1.82, 2.24) is 14.9 Å². The van der Waals surface area contributed by atoms with Crippen molar-refractivity contribution in [3.63, 3.8) is 0 Å². The largest absolute Gasteiger partial charge is 0.497 e. The van der Waals surface area contributed by atoms with Crippen LogP contribution < -0.4 is 15.4 Å². The highest BCUT2D eigenvalue weighted by atomic mass is 32.2. The third-order valence-electron chi connectivity index (χ3n) is 5.24. The highest BCUT2D eigenvalue weighted by Gasteiger charge is 2.35. The Morgan fingerprint density at radius 1 is 1.03 bits per heavy atom. The van der Waals surface area contributed by atoms with Crippen LogP contribution in [-0.2, 0) is 26.0 Å². The maximum atomic E-state index is 13.0. The minimum Gasteiger partial charge on any atom is -0.497 e. The molecule has 0 bridgehead atoms. The summed E-state index contributed by atoms with van der Waals surface area (Å²) in [5, 5.41) is 5.16. The topological polar surface area (TPSA) is 105 Å². The van der Waals surface area contributed by atoms with Crippen molar-refractivity contribution in [3.05, 3.63) is 60.2 Å². The molecule has 1 aliphatic heterocycles. The Hall–Kier alpha value is -2.91. The van der Waals surface area contributed by atoms with Crippen LogP contribution in [0, 0.1) is 0 Å². The van der Waals surface area contributed by atoms with Gasteiger partial charge in [-0.05, 0) is 49.1 Å². The molecule has 2 aromatic rings. The normalized spacial score (nSPS) is 16.6. The Kier molecular flexibility index (Phi) is 7.64. The number of ether oxygens (including phenoxy) is 1. The first-order valence-corrected chi connectivity index (χ1v) is 11.6. The van der Waals surface area contributed by atoms with Gasteiger partial charge in [-0.15, -0.1) is 0 Å². The lowest BCUT2D eigenvalue weighted by atomic mass is 10.1. The van der Waals surface area contributed by atoms with Crippen LogP contribution in [0.1, 0.15) is 18.4 Å². The van der Waals surface area contributed by atoms with Gasteiger partial charge >= 0.3 is 11.8 Å². The summed E-state index contributed by atoms with van der Waals surface area (Å²) in [6, 6.07) is 15.4. The number of nitrogens with one attached hydrogen (secondary N) is 2. The summed E-state index contributed by atoms with van der Waals surface area (Å²) in [5.74, 6) is -0.914. The van der Waals surface area contributed by atoms with Crippen LogP contribution in [-0.4, -0.2) is 57.3 Å². The van der Waals surface area contributed by atoms with E-state index in [1.54, 1.807) is 12.1 Å². The average Bonchev–Trinajstić information content (AvgIpc) is 3.27. The molecule has 3 rings (SSSR count). The van der Waals surface area contributed by atoms with Gasteiger partial charge < -0.3 is 15.4 Å². The fraction of sp³-hybridized carbons (Fsp3) is 0.364. The molecule has 0 aliphatic carbocycles. The van der Waals surface area contributed by atoms with Gasteiger partial charge in [0.05, 0.1) is 12.0 Å². The predicted molar refractivity (Wildman–Crippen MR) is 116 cm³/mol. The SMILES string of the molecule is COc1ccc(S(=O)(=O)N2CCC[C@@H]2CNC(=O)C(=O)NCCc2ccccc2)cc1. The number of hydrogen-bond acceptors (Lipinski definition) is 5. The summed E-state index contributed by atoms with van der Waals surface area (Å²) in [6.45, 7) is 0.802. The summed E-state index contributed by atoms with van der Waals surface area (Å²) in [4.78, 5) is 24.3. The van der Waals surface area contributed by atoms with Gasteiger partial charge in [-0.3, -0.25) is 9.59 Å². The first-order valence-electron chi connectivity index (χ1n) is 10.2. The van der Waals surface area contributed by atoms with E-state index in [0.717, 1.165) is 5.56 Å². The molecule has 0 spiro atoms. The van der Waals surface area contributed by atoms with Crippen molar-refractivity contribution in [2.75, 3.05) is 26.7 Å². The van der Waals surface area contributed by atoms with Crippen molar-refractivity contribution < 1.29 is 22.7 Å². The van der Waals surface area contributed by atoms with Crippen LogP contribution in [0.4, 0.5) is 0 Å². The van der Waals surface area contributed by atoms with E-state index in [-0.39, 0.29) is 11.4 Å². The first kappa shape index (κ1) is 22.8. The fourth-order valence-corrected chi connectivity index (χ4v) is 5.24. The predicted octanol–water partition coefficient (Wildman–Crippen LogP) is 1.32. The molecule has 2 N–H and O–H groups in total. The Balaban J connectivity index is 1.51. The van der Waals surface area contributed by atoms with Crippen molar-refractivity contribution >= 4 is 21.8 Å². The van der Waals surface area contributed by atoms with Crippen LogP contribution in [0.2, 0.25) is 0 Å². The molecular formula is C22H27N3O5S. The van der Waals surface area contributed by atoms with Crippen molar-refractivity contribution in [2.24, 2.45) is 0 Å². The number of nitrogens with zero attached hydrogens (tertiary/aromatic N) is 1. The lowest BCUT2D eigenvalue weighted by molar-refractivity contribution is -0.139. The standard InChI is InChI=1S/C22H27N3O5S/c1-30-19-9-11-20(12-10-19)31(28,29)25-15-5-8-18(25)16-24-22(27)21(26)23-14-13-17-6-3-2-4-7-17/h2-4,6-7,9-12,18H,5,8,13-16H2,1H3,(H,23,26)(H,24,27)/t18-/m1/s1. The molecular weight excluding hydrogens is 418 g/mol. The van der Waals surface area contributed by atoms with Crippen molar-refractivity contribution in [3.8, 4) is 5.75 Å². The molecule has 8 nitrogen and oxygen atoms in total. The number of hydrogen-bond donors (Lipinski definition) is 2. The van der Waals surface area contributed by atoms with E-state index < -0.39 is 27.9 Å². The maximum absolute atomic E-state index is 13.0. The molecule has 0 aromatic heterocycles. The summed E-state index contributed by atoms with van der Waals surface area (Å²) >= 11 is 0. The second kappa shape index (κ2) is 10.4. The van der Waals surface area contributed by atoms with E-state index in [2.05, 4.69) is 10.6 Å². The van der Waals surface area contributed by atoms with E-state index in [9.17, 15) is 18.0 Å². The number of carbonyl (C=O) groups is 2. The van der Waals surface area contributed by atoms with Crippen LogP contribution in [0.3, 0.4) is 0 Å². The minimum atomic E-state index is -3.70. The Morgan fingerprint density at radius 3 is 2.39 bits per heavy atom. The zero-order valence-electron chi connectivity index (χ0n) is 17.4. The number of sulfonamides is 1. The average molecular weight is 446 g/mol. The summed E-state index contributed by atoms with van der Waals surface area (Å²) in [7, 11) is -2.19. The van der Waals surface area contributed by atoms with Gasteiger partial charge in [0.1, 0.15) is 5.75 Å². The number of benzene rings is 2. The Morgan fingerprint density at radius 2 is 1.71 bits per heavy atom. The molecule has 1 saturated heterocycles. The van der Waals surface area contributed by atoms with Gasteiger partial charge in [0.25, 0.3) is 0 Å². The molecule has 0 saturated carbocycles. The molecule has 2 aromatic carbocycles. The molecule has 9 heteroatoms. The Labute approximate surface area is 182 Å². The second-order valence-corrected chi connectivity index (χ2v) is 9.18. The van der Waals surface area contributed by atoms with E-state index in [0.29, 0.717) is 38.1 Å². The molecule has 0 unspecified atom stereocenters. The fourth-order valence-electron chi connectivity index (χ4n) is 3.55. The molecule has 1 heterocycles. The second-order valence-electron chi connectivity index (χ2n) is 7.29. The minimum absolute atomic E-state index is 0.0837. The number of amides is 2. The van der Waals surface area contributed by atoms with E-state index in [4.69, 9.17) is 4.74 Å². The van der Waals surface area contributed by atoms with Crippen LogP contribution in [0.15, 0.2) is 59.5 Å². The van der Waals surface area contributed by atoms with Crippen LogP contribution in [0.25, 0.3) is 0 Å². The first-order chi connectivity index (χ1) is 14.9. The third kappa shape index (κ3) is 5.83. The number of methoxy groups -OCH3 is 1. The van der Waals surface area contributed by atoms with Gasteiger partial charge in [-0.25, -0.2) is 8.42 Å². The van der Waals surface area contributed by atoms with Crippen LogP contribution in [0.5, 0.6) is 5.75 Å². The van der Waals surface area contributed by atoms with Gasteiger partial charge in [0, 0.05) is 25.7 Å². The van der Waals surface area contributed by atoms with E-state index >= 15 is 0 Å². The number of rotatable bonds is 8. The molecule has 1 atom stereocenters. The van der Waals surface area contributed by atoms with E-state index in [1.165, 1.54) is 23.5 Å². The van der Waals surface area contributed by atoms with E-state index in [1.807, 2.05) is 30.3 Å². The molecule has 2 amide bonds. The molecule has 166 valence electrons. The van der Waals surface area contributed by atoms with Crippen molar-refractivity contribution in [1.29, 1.82) is 0 Å². The highest BCUT2D eigenvalue weighted by molar-refractivity contribution is 7.89. The lowest BCUT2D eigenvalue weighted by Gasteiger charge is -2.24.